The molecule has 0 bridgehead atoms. The first-order valence-electron chi connectivity index (χ1n) is 9.72. The van der Waals surface area contributed by atoms with E-state index in [9.17, 15) is 0 Å². The second kappa shape index (κ2) is 8.45. The van der Waals surface area contributed by atoms with Gasteiger partial charge in [0, 0.05) is 27.4 Å². The summed E-state index contributed by atoms with van der Waals surface area (Å²) in [4.78, 5) is 4.81. The van der Waals surface area contributed by atoms with Gasteiger partial charge in [-0.2, -0.15) is 0 Å². The van der Waals surface area contributed by atoms with E-state index in [2.05, 4.69) is 15.5 Å². The number of hydrogen-bond donors (Lipinski definition) is 1. The van der Waals surface area contributed by atoms with E-state index in [0.29, 0.717) is 27.8 Å². The molecule has 2 aromatic carbocycles. The molecule has 0 radical (unpaired) electrons. The summed E-state index contributed by atoms with van der Waals surface area (Å²) < 4.78 is 3.74. The zero-order valence-corrected chi connectivity index (χ0v) is 18.1. The quantitative estimate of drug-likeness (QED) is 0.214. The van der Waals surface area contributed by atoms with Gasteiger partial charge in [0.25, 0.3) is 0 Å². The van der Waals surface area contributed by atoms with Crippen molar-refractivity contribution in [1.82, 2.24) is 24.4 Å². The van der Waals surface area contributed by atoms with Gasteiger partial charge in [0.2, 0.25) is 0 Å². The van der Waals surface area contributed by atoms with Crippen molar-refractivity contribution >= 4 is 35.1 Å². The van der Waals surface area contributed by atoms with Gasteiger partial charge >= 0.3 is 0 Å². The molecule has 0 atom stereocenters. The Morgan fingerprint density at radius 2 is 1.88 bits per heavy atom. The minimum Gasteiger partial charge on any atom is -0.411 e. The smallest absolute Gasteiger partial charge is 0.137 e. The van der Waals surface area contributed by atoms with Crippen molar-refractivity contribution in [3.8, 4) is 22.6 Å². The summed E-state index contributed by atoms with van der Waals surface area (Å²) in [5.41, 5.74) is 5.66. The van der Waals surface area contributed by atoms with E-state index in [1.165, 1.54) is 6.21 Å². The van der Waals surface area contributed by atoms with E-state index in [4.69, 9.17) is 33.4 Å². The SMILES string of the molecule is O/N=C/c1cc(Cn2cc(-c3c(-c4ccc(Cl)cc4)nc4ccccn34)nn2)ccc1Cl. The van der Waals surface area contributed by atoms with Crippen molar-refractivity contribution in [3.63, 3.8) is 0 Å². The van der Waals surface area contributed by atoms with Crippen molar-refractivity contribution in [2.45, 2.75) is 6.54 Å². The summed E-state index contributed by atoms with van der Waals surface area (Å²) in [7, 11) is 0. The van der Waals surface area contributed by atoms with Crippen LogP contribution in [0.15, 0.2) is 78.2 Å². The Morgan fingerprint density at radius 1 is 1.03 bits per heavy atom. The zero-order chi connectivity index (χ0) is 22.1. The van der Waals surface area contributed by atoms with Gasteiger partial charge in [-0.3, -0.25) is 4.40 Å². The lowest BCUT2D eigenvalue weighted by Gasteiger charge is -2.04. The van der Waals surface area contributed by atoms with Crippen LogP contribution in [0, 0.1) is 0 Å². The molecule has 0 fully saturated rings. The van der Waals surface area contributed by atoms with Crippen LogP contribution in [0.5, 0.6) is 0 Å². The largest absolute Gasteiger partial charge is 0.411 e. The summed E-state index contributed by atoms with van der Waals surface area (Å²) >= 11 is 12.2. The first kappa shape index (κ1) is 20.2. The summed E-state index contributed by atoms with van der Waals surface area (Å²) in [5, 5.41) is 21.8. The minimum absolute atomic E-state index is 0.476. The molecule has 0 amide bonds. The molecule has 158 valence electrons. The molecule has 0 saturated carbocycles. The molecule has 0 aliphatic heterocycles. The van der Waals surface area contributed by atoms with Gasteiger partial charge in [-0.25, -0.2) is 9.67 Å². The molecule has 0 aliphatic carbocycles. The predicted molar refractivity (Wildman–Crippen MR) is 125 cm³/mol. The number of oxime groups is 1. The molecule has 0 aliphatic rings. The van der Waals surface area contributed by atoms with Crippen LogP contribution >= 0.6 is 23.2 Å². The van der Waals surface area contributed by atoms with Crippen LogP contribution in [0.2, 0.25) is 10.0 Å². The lowest BCUT2D eigenvalue weighted by Crippen LogP contribution is -2.01. The van der Waals surface area contributed by atoms with Crippen LogP contribution in [0.4, 0.5) is 0 Å². The number of rotatable bonds is 5. The van der Waals surface area contributed by atoms with Crippen LogP contribution in [-0.4, -0.2) is 35.8 Å². The molecule has 5 aromatic rings. The van der Waals surface area contributed by atoms with E-state index in [0.717, 1.165) is 28.2 Å². The Morgan fingerprint density at radius 3 is 2.69 bits per heavy atom. The van der Waals surface area contributed by atoms with Crippen molar-refractivity contribution < 1.29 is 5.21 Å². The highest BCUT2D eigenvalue weighted by Gasteiger charge is 2.18. The topological polar surface area (TPSA) is 80.6 Å². The Labute approximate surface area is 193 Å². The van der Waals surface area contributed by atoms with E-state index < -0.39 is 0 Å². The summed E-state index contributed by atoms with van der Waals surface area (Å²) in [5.74, 6) is 0. The lowest BCUT2D eigenvalue weighted by atomic mass is 10.1. The zero-order valence-electron chi connectivity index (χ0n) is 16.6. The van der Waals surface area contributed by atoms with Gasteiger partial charge < -0.3 is 5.21 Å². The third kappa shape index (κ3) is 3.84. The average molecular weight is 463 g/mol. The van der Waals surface area contributed by atoms with Gasteiger partial charge in [0.15, 0.2) is 0 Å². The van der Waals surface area contributed by atoms with Gasteiger partial charge in [0.1, 0.15) is 17.0 Å². The number of benzene rings is 2. The summed E-state index contributed by atoms with van der Waals surface area (Å²) in [6, 6.07) is 18.9. The van der Waals surface area contributed by atoms with Gasteiger partial charge in [-0.15, -0.1) is 5.10 Å². The number of fused-ring (bicyclic) bond motifs is 1. The van der Waals surface area contributed by atoms with Crippen molar-refractivity contribution in [2.24, 2.45) is 5.16 Å². The van der Waals surface area contributed by atoms with Gasteiger partial charge in [-0.1, -0.05) is 57.8 Å². The molecule has 0 spiro atoms. The number of hydrogen-bond acceptors (Lipinski definition) is 5. The molecular formula is C23H16Cl2N6O. The second-order valence-electron chi connectivity index (χ2n) is 7.15. The third-order valence-electron chi connectivity index (χ3n) is 5.03. The number of pyridine rings is 1. The third-order valence-corrected chi connectivity index (χ3v) is 5.63. The molecule has 0 saturated heterocycles. The summed E-state index contributed by atoms with van der Waals surface area (Å²) in [6.07, 6.45) is 5.13. The van der Waals surface area contributed by atoms with Crippen molar-refractivity contribution in [3.05, 3.63) is 94.2 Å². The fraction of sp³-hybridized carbons (Fsp3) is 0.0435. The maximum atomic E-state index is 8.82. The highest BCUT2D eigenvalue weighted by molar-refractivity contribution is 6.33. The fourth-order valence-electron chi connectivity index (χ4n) is 3.57. The normalized spacial score (nSPS) is 11.6. The monoisotopic (exact) mass is 462 g/mol. The van der Waals surface area contributed by atoms with E-state index in [1.54, 1.807) is 10.7 Å². The molecule has 5 rings (SSSR count). The molecule has 7 nitrogen and oxygen atoms in total. The Kier molecular flexibility index (Phi) is 5.34. The number of halogens is 2. The van der Waals surface area contributed by atoms with Crippen LogP contribution in [0.1, 0.15) is 11.1 Å². The second-order valence-corrected chi connectivity index (χ2v) is 7.99. The van der Waals surface area contributed by atoms with Crippen LogP contribution in [-0.2, 0) is 6.54 Å². The Bertz CT molecular complexity index is 1440. The number of imidazole rings is 1. The highest BCUT2D eigenvalue weighted by atomic mass is 35.5. The van der Waals surface area contributed by atoms with Crippen molar-refractivity contribution in [2.75, 3.05) is 0 Å². The minimum atomic E-state index is 0.476. The van der Waals surface area contributed by atoms with Crippen molar-refractivity contribution in [1.29, 1.82) is 0 Å². The highest BCUT2D eigenvalue weighted by Crippen LogP contribution is 2.32. The van der Waals surface area contributed by atoms with Gasteiger partial charge in [-0.05, 0) is 42.0 Å². The summed E-state index contributed by atoms with van der Waals surface area (Å²) in [6.45, 7) is 0.476. The molecule has 1 N–H and O–H groups in total. The lowest BCUT2D eigenvalue weighted by molar-refractivity contribution is 0.322. The molecule has 9 heteroatoms. The van der Waals surface area contributed by atoms with Crippen LogP contribution in [0.25, 0.3) is 28.3 Å². The van der Waals surface area contributed by atoms with Crippen LogP contribution < -0.4 is 0 Å². The standard InChI is InChI=1S/C23H16Cl2N6O/c24-18-7-5-16(6-8-18)22-23(31-10-2-1-3-21(31)27-22)20-14-30(29-28-20)13-15-4-9-19(25)17(11-15)12-26-32/h1-12,14,32H,13H2/b26-12+. The molecule has 0 unspecified atom stereocenters. The van der Waals surface area contributed by atoms with E-state index in [1.807, 2.05) is 71.4 Å². The average Bonchev–Trinajstić information content (AvgIpc) is 3.41. The first-order valence-corrected chi connectivity index (χ1v) is 10.5. The maximum absolute atomic E-state index is 8.82. The van der Waals surface area contributed by atoms with Crippen LogP contribution in [0.3, 0.4) is 0 Å². The number of nitrogens with zero attached hydrogens (tertiary/aromatic N) is 6. The molecule has 3 aromatic heterocycles. The molecular weight excluding hydrogens is 447 g/mol. The molecule has 32 heavy (non-hydrogen) atoms. The molecule has 3 heterocycles. The number of aromatic nitrogens is 5. The van der Waals surface area contributed by atoms with Gasteiger partial charge in [0.05, 0.1) is 24.7 Å². The Balaban J connectivity index is 1.55. The maximum Gasteiger partial charge on any atom is 0.137 e. The predicted octanol–water partition coefficient (Wildman–Crippen LogP) is 5.42. The first-order chi connectivity index (χ1) is 15.6. The van der Waals surface area contributed by atoms with E-state index in [-0.39, 0.29) is 0 Å². The van der Waals surface area contributed by atoms with E-state index >= 15 is 0 Å². The fourth-order valence-corrected chi connectivity index (χ4v) is 3.87. The Hall–Kier alpha value is -3.68.